The molecular weight excluding hydrogens is 144 g/mol. The quantitative estimate of drug-likeness (QED) is 0.519. The van der Waals surface area contributed by atoms with Crippen LogP contribution in [-0.4, -0.2) is 0 Å². The molecule has 2 bridgehead atoms. The molecular formula is C12H18. The molecule has 0 unspecified atom stereocenters. The van der Waals surface area contributed by atoms with Gasteiger partial charge in [0, 0.05) is 0 Å². The molecule has 0 saturated heterocycles. The van der Waals surface area contributed by atoms with Gasteiger partial charge in [0.2, 0.25) is 0 Å². The molecule has 2 fully saturated rings. The van der Waals surface area contributed by atoms with Crippen LogP contribution in [0.25, 0.3) is 0 Å². The van der Waals surface area contributed by atoms with Crippen LogP contribution in [0.1, 0.15) is 32.6 Å². The lowest BCUT2D eigenvalue weighted by atomic mass is 9.75. The fourth-order valence-electron chi connectivity index (χ4n) is 4.15. The van der Waals surface area contributed by atoms with Crippen molar-refractivity contribution in [2.24, 2.45) is 29.6 Å². The minimum absolute atomic E-state index is 1.01. The van der Waals surface area contributed by atoms with Gasteiger partial charge in [-0.3, -0.25) is 0 Å². The Labute approximate surface area is 75.0 Å². The van der Waals surface area contributed by atoms with Crippen molar-refractivity contribution in [3.63, 3.8) is 0 Å². The highest BCUT2D eigenvalue weighted by Gasteiger charge is 2.51. The van der Waals surface area contributed by atoms with E-state index in [-0.39, 0.29) is 0 Å². The highest BCUT2D eigenvalue weighted by Crippen LogP contribution is 2.59. The zero-order valence-electron chi connectivity index (χ0n) is 7.87. The molecule has 5 atom stereocenters. The lowest BCUT2D eigenvalue weighted by molar-refractivity contribution is 0.207. The number of rotatable bonds is 1. The van der Waals surface area contributed by atoms with Gasteiger partial charge < -0.3 is 0 Å². The first-order valence-electron chi connectivity index (χ1n) is 5.56. The van der Waals surface area contributed by atoms with Crippen molar-refractivity contribution >= 4 is 0 Å². The Balaban J connectivity index is 1.87. The van der Waals surface area contributed by atoms with Crippen LogP contribution in [0, 0.1) is 29.6 Å². The van der Waals surface area contributed by atoms with E-state index < -0.39 is 0 Å². The van der Waals surface area contributed by atoms with Crippen molar-refractivity contribution in [1.82, 2.24) is 0 Å². The maximum atomic E-state index is 2.52. The smallest absolute Gasteiger partial charge is 0.0168 e. The Bertz CT molecular complexity index is 216. The molecule has 0 aromatic heterocycles. The average molecular weight is 162 g/mol. The van der Waals surface area contributed by atoms with E-state index in [1.54, 1.807) is 12.8 Å². The molecule has 0 aromatic rings. The summed E-state index contributed by atoms with van der Waals surface area (Å²) in [5.41, 5.74) is 0. The van der Waals surface area contributed by atoms with Crippen LogP contribution < -0.4 is 0 Å². The van der Waals surface area contributed by atoms with E-state index in [1.807, 2.05) is 0 Å². The van der Waals surface area contributed by atoms with Crippen molar-refractivity contribution in [1.29, 1.82) is 0 Å². The summed E-state index contributed by atoms with van der Waals surface area (Å²) in [5, 5.41) is 0. The van der Waals surface area contributed by atoms with E-state index in [2.05, 4.69) is 19.1 Å². The number of allylic oxidation sites excluding steroid dienone is 2. The zero-order chi connectivity index (χ0) is 8.13. The fraction of sp³-hybridized carbons (Fsp3) is 0.833. The first-order valence-corrected chi connectivity index (χ1v) is 5.56. The molecule has 66 valence electrons. The summed E-state index contributed by atoms with van der Waals surface area (Å²) >= 11 is 0. The summed E-state index contributed by atoms with van der Waals surface area (Å²) < 4.78 is 0. The molecule has 3 rings (SSSR count). The Morgan fingerprint density at radius 1 is 1.25 bits per heavy atom. The second kappa shape index (κ2) is 2.37. The van der Waals surface area contributed by atoms with Crippen LogP contribution in [-0.2, 0) is 0 Å². The van der Waals surface area contributed by atoms with Crippen molar-refractivity contribution in [3.05, 3.63) is 12.2 Å². The molecule has 0 heterocycles. The summed E-state index contributed by atoms with van der Waals surface area (Å²) in [6.07, 6.45) is 10.9. The molecule has 0 spiro atoms. The molecule has 0 aliphatic heterocycles. The van der Waals surface area contributed by atoms with Crippen LogP contribution in [0.5, 0.6) is 0 Å². The van der Waals surface area contributed by atoms with Crippen LogP contribution in [0.4, 0.5) is 0 Å². The molecule has 0 heteroatoms. The normalized spacial score (nSPS) is 54.9. The van der Waals surface area contributed by atoms with E-state index in [4.69, 9.17) is 0 Å². The molecule has 2 saturated carbocycles. The van der Waals surface area contributed by atoms with E-state index in [0.717, 1.165) is 29.6 Å². The van der Waals surface area contributed by atoms with Gasteiger partial charge in [-0.05, 0) is 48.9 Å². The summed E-state index contributed by atoms with van der Waals surface area (Å²) in [6, 6.07) is 0. The van der Waals surface area contributed by atoms with Crippen molar-refractivity contribution in [3.8, 4) is 0 Å². The first kappa shape index (κ1) is 7.17. The fourth-order valence-corrected chi connectivity index (χ4v) is 4.15. The van der Waals surface area contributed by atoms with Gasteiger partial charge in [-0.15, -0.1) is 0 Å². The van der Waals surface area contributed by atoms with Crippen LogP contribution >= 0.6 is 0 Å². The third kappa shape index (κ3) is 0.739. The van der Waals surface area contributed by atoms with Crippen molar-refractivity contribution < 1.29 is 0 Å². The Hall–Kier alpha value is -0.260. The molecule has 0 aromatic carbocycles. The van der Waals surface area contributed by atoms with Gasteiger partial charge >= 0.3 is 0 Å². The van der Waals surface area contributed by atoms with Crippen molar-refractivity contribution in [2.75, 3.05) is 0 Å². The second-order valence-corrected chi connectivity index (χ2v) is 4.97. The Morgan fingerprint density at radius 2 is 2.17 bits per heavy atom. The number of hydrogen-bond donors (Lipinski definition) is 0. The second-order valence-electron chi connectivity index (χ2n) is 4.97. The van der Waals surface area contributed by atoms with Gasteiger partial charge in [0.05, 0.1) is 0 Å². The predicted molar refractivity (Wildman–Crippen MR) is 50.7 cm³/mol. The van der Waals surface area contributed by atoms with Gasteiger partial charge in [-0.25, -0.2) is 0 Å². The molecule has 3 aliphatic rings. The molecule has 0 N–H and O–H groups in total. The standard InChI is InChI=1S/C12H18/c1-2-8-6-9-7-12(8)11-5-3-4-10(9)11/h3,5,8-12H,2,4,6-7H2,1H3/t8-,9-,10-,11-,12-/m0/s1. The van der Waals surface area contributed by atoms with E-state index >= 15 is 0 Å². The molecule has 0 radical (unpaired) electrons. The zero-order valence-corrected chi connectivity index (χ0v) is 7.87. The SMILES string of the molecule is CC[C@H]1C[C@H]2C[C@@H]1[C@H]1C=CC[C@@H]21. The third-order valence-electron chi connectivity index (χ3n) is 4.67. The number of fused-ring (bicyclic) bond motifs is 5. The molecule has 0 nitrogen and oxygen atoms in total. The molecule has 12 heavy (non-hydrogen) atoms. The summed E-state index contributed by atoms with van der Waals surface area (Å²) in [6.45, 7) is 2.37. The highest BCUT2D eigenvalue weighted by molar-refractivity contribution is 5.13. The van der Waals surface area contributed by atoms with Crippen LogP contribution in [0.15, 0.2) is 12.2 Å². The van der Waals surface area contributed by atoms with E-state index in [1.165, 1.54) is 12.8 Å². The molecule has 3 aliphatic carbocycles. The van der Waals surface area contributed by atoms with Gasteiger partial charge in [-0.1, -0.05) is 25.5 Å². The van der Waals surface area contributed by atoms with E-state index in [9.17, 15) is 0 Å². The average Bonchev–Trinajstić information content (AvgIpc) is 2.75. The molecule has 0 amide bonds. The predicted octanol–water partition coefficient (Wildman–Crippen LogP) is 3.24. The topological polar surface area (TPSA) is 0 Å². The van der Waals surface area contributed by atoms with Crippen LogP contribution in [0.2, 0.25) is 0 Å². The Kier molecular flexibility index (Phi) is 1.42. The van der Waals surface area contributed by atoms with Gasteiger partial charge in [-0.2, -0.15) is 0 Å². The lowest BCUT2D eigenvalue weighted by Gasteiger charge is -2.30. The summed E-state index contributed by atoms with van der Waals surface area (Å²) in [7, 11) is 0. The lowest BCUT2D eigenvalue weighted by Crippen LogP contribution is -2.23. The van der Waals surface area contributed by atoms with Gasteiger partial charge in [0.25, 0.3) is 0 Å². The summed E-state index contributed by atoms with van der Waals surface area (Å²) in [4.78, 5) is 0. The van der Waals surface area contributed by atoms with Gasteiger partial charge in [0.15, 0.2) is 0 Å². The van der Waals surface area contributed by atoms with Gasteiger partial charge in [0.1, 0.15) is 0 Å². The minimum atomic E-state index is 1.01. The van der Waals surface area contributed by atoms with Crippen molar-refractivity contribution in [2.45, 2.75) is 32.6 Å². The first-order chi connectivity index (χ1) is 5.90. The highest BCUT2D eigenvalue weighted by atomic mass is 14.6. The van der Waals surface area contributed by atoms with E-state index in [0.29, 0.717) is 0 Å². The monoisotopic (exact) mass is 162 g/mol. The maximum Gasteiger partial charge on any atom is -0.0168 e. The third-order valence-corrected chi connectivity index (χ3v) is 4.67. The summed E-state index contributed by atoms with van der Waals surface area (Å²) in [5.74, 6) is 5.37. The maximum absolute atomic E-state index is 2.52. The number of hydrogen-bond acceptors (Lipinski definition) is 0. The minimum Gasteiger partial charge on any atom is -0.0879 e. The Morgan fingerprint density at radius 3 is 3.00 bits per heavy atom. The largest absolute Gasteiger partial charge is 0.0879 e. The van der Waals surface area contributed by atoms with Crippen LogP contribution in [0.3, 0.4) is 0 Å².